The zero-order valence-corrected chi connectivity index (χ0v) is 11.5. The third-order valence-corrected chi connectivity index (χ3v) is 3.80. The summed E-state index contributed by atoms with van der Waals surface area (Å²) < 4.78 is 1.05. The van der Waals surface area contributed by atoms with E-state index in [4.69, 9.17) is 0 Å². The number of nitrogens with zero attached hydrogens (tertiary/aromatic N) is 1. The summed E-state index contributed by atoms with van der Waals surface area (Å²) >= 11 is 3.47. The van der Waals surface area contributed by atoms with Gasteiger partial charge in [0.25, 0.3) is 0 Å². The normalized spacial score (nSPS) is 11.4. The molecular formula is C15H10BrN3. The second kappa shape index (κ2) is 3.96. The van der Waals surface area contributed by atoms with Gasteiger partial charge in [0.1, 0.15) is 5.69 Å². The van der Waals surface area contributed by atoms with Gasteiger partial charge >= 0.3 is 0 Å². The minimum atomic E-state index is 0.957. The molecule has 0 aliphatic heterocycles. The number of nitrogens with one attached hydrogen (secondary N) is 2. The van der Waals surface area contributed by atoms with Crippen LogP contribution < -0.4 is 0 Å². The van der Waals surface area contributed by atoms with Crippen molar-refractivity contribution in [3.05, 3.63) is 53.0 Å². The van der Waals surface area contributed by atoms with Crippen molar-refractivity contribution in [2.45, 2.75) is 0 Å². The van der Waals surface area contributed by atoms with Gasteiger partial charge in [-0.25, -0.2) is 0 Å². The van der Waals surface area contributed by atoms with Crippen LogP contribution >= 0.6 is 15.9 Å². The van der Waals surface area contributed by atoms with E-state index in [9.17, 15) is 0 Å². The molecule has 4 heteroatoms. The van der Waals surface area contributed by atoms with E-state index in [1.165, 1.54) is 5.39 Å². The predicted molar refractivity (Wildman–Crippen MR) is 81.1 cm³/mol. The van der Waals surface area contributed by atoms with Crippen LogP contribution in [0.15, 0.2) is 53.0 Å². The fourth-order valence-corrected chi connectivity index (χ4v) is 2.76. The van der Waals surface area contributed by atoms with Gasteiger partial charge in [-0.2, -0.15) is 5.10 Å². The largest absolute Gasteiger partial charge is 0.353 e. The van der Waals surface area contributed by atoms with Crippen LogP contribution in [0.25, 0.3) is 33.2 Å². The van der Waals surface area contributed by atoms with Gasteiger partial charge in [0.15, 0.2) is 0 Å². The summed E-state index contributed by atoms with van der Waals surface area (Å²) in [5.74, 6) is 0. The molecule has 0 spiro atoms. The van der Waals surface area contributed by atoms with Gasteiger partial charge < -0.3 is 4.98 Å². The fourth-order valence-electron chi connectivity index (χ4n) is 2.40. The second-order valence-electron chi connectivity index (χ2n) is 4.53. The van der Waals surface area contributed by atoms with E-state index in [0.29, 0.717) is 0 Å². The van der Waals surface area contributed by atoms with E-state index in [1.807, 2.05) is 24.3 Å². The Morgan fingerprint density at radius 1 is 0.947 bits per heavy atom. The van der Waals surface area contributed by atoms with Crippen LogP contribution in [-0.2, 0) is 0 Å². The Hall–Kier alpha value is -2.07. The highest BCUT2D eigenvalue weighted by Crippen LogP contribution is 2.29. The van der Waals surface area contributed by atoms with Gasteiger partial charge in [-0.3, -0.25) is 5.10 Å². The number of para-hydroxylation sites is 1. The molecule has 2 aromatic heterocycles. The van der Waals surface area contributed by atoms with E-state index < -0.39 is 0 Å². The highest BCUT2D eigenvalue weighted by atomic mass is 79.9. The Kier molecular flexibility index (Phi) is 2.26. The molecule has 2 aromatic carbocycles. The highest BCUT2D eigenvalue weighted by Gasteiger charge is 2.10. The Labute approximate surface area is 117 Å². The van der Waals surface area contributed by atoms with E-state index in [1.54, 1.807) is 0 Å². The Morgan fingerprint density at radius 2 is 1.84 bits per heavy atom. The molecule has 19 heavy (non-hydrogen) atoms. The molecule has 0 fully saturated rings. The molecular weight excluding hydrogens is 302 g/mol. The third kappa shape index (κ3) is 1.68. The van der Waals surface area contributed by atoms with E-state index in [-0.39, 0.29) is 0 Å². The first-order valence-electron chi connectivity index (χ1n) is 6.03. The Bertz CT molecular complexity index is 856. The molecule has 2 N–H and O–H groups in total. The molecule has 0 amide bonds. The fraction of sp³-hybridized carbons (Fsp3) is 0. The van der Waals surface area contributed by atoms with Crippen molar-refractivity contribution < 1.29 is 0 Å². The Balaban J connectivity index is 1.98. The van der Waals surface area contributed by atoms with Crippen LogP contribution in [0.4, 0.5) is 0 Å². The maximum atomic E-state index is 4.42. The molecule has 0 radical (unpaired) electrons. The summed E-state index contributed by atoms with van der Waals surface area (Å²) in [7, 11) is 0. The quantitative estimate of drug-likeness (QED) is 0.535. The molecule has 0 saturated carbocycles. The molecule has 0 aliphatic rings. The van der Waals surface area contributed by atoms with Crippen LogP contribution in [0.3, 0.4) is 0 Å². The van der Waals surface area contributed by atoms with Gasteiger partial charge in [0, 0.05) is 20.8 Å². The number of hydrogen-bond donors (Lipinski definition) is 2. The molecule has 0 aliphatic carbocycles. The minimum Gasteiger partial charge on any atom is -0.353 e. The van der Waals surface area contributed by atoms with Crippen molar-refractivity contribution in [1.29, 1.82) is 0 Å². The molecule has 2 heterocycles. The topological polar surface area (TPSA) is 44.5 Å². The standard InChI is InChI=1S/C15H10BrN3/c16-10-5-6-11-13(8-10)18-19-15(11)14-7-9-3-1-2-4-12(9)17-14/h1-8,17H,(H,18,19). The summed E-state index contributed by atoms with van der Waals surface area (Å²) in [5, 5.41) is 9.82. The van der Waals surface area contributed by atoms with Gasteiger partial charge in [-0.05, 0) is 30.3 Å². The average Bonchev–Trinajstić information content (AvgIpc) is 3.00. The lowest BCUT2D eigenvalue weighted by Crippen LogP contribution is -1.77. The minimum absolute atomic E-state index is 0.957. The summed E-state index contributed by atoms with van der Waals surface area (Å²) in [6, 6.07) is 16.5. The maximum Gasteiger partial charge on any atom is 0.116 e. The molecule has 4 aromatic rings. The molecule has 0 saturated heterocycles. The summed E-state index contributed by atoms with van der Waals surface area (Å²) in [4.78, 5) is 3.41. The number of fused-ring (bicyclic) bond motifs is 2. The Morgan fingerprint density at radius 3 is 2.74 bits per heavy atom. The van der Waals surface area contributed by atoms with Crippen molar-refractivity contribution in [1.82, 2.24) is 15.2 Å². The molecule has 92 valence electrons. The third-order valence-electron chi connectivity index (χ3n) is 3.31. The smallest absolute Gasteiger partial charge is 0.116 e. The van der Waals surface area contributed by atoms with Crippen LogP contribution in [0.1, 0.15) is 0 Å². The van der Waals surface area contributed by atoms with Crippen LogP contribution in [0.2, 0.25) is 0 Å². The first-order valence-corrected chi connectivity index (χ1v) is 6.82. The number of benzene rings is 2. The van der Waals surface area contributed by atoms with Gasteiger partial charge in [0.05, 0.1) is 11.2 Å². The lowest BCUT2D eigenvalue weighted by atomic mass is 10.1. The van der Waals surface area contributed by atoms with Crippen molar-refractivity contribution in [2.24, 2.45) is 0 Å². The van der Waals surface area contributed by atoms with Crippen molar-refractivity contribution in [3.63, 3.8) is 0 Å². The highest BCUT2D eigenvalue weighted by molar-refractivity contribution is 9.10. The maximum absolute atomic E-state index is 4.42. The van der Waals surface area contributed by atoms with E-state index in [2.05, 4.69) is 55.4 Å². The predicted octanol–water partition coefficient (Wildman–Crippen LogP) is 4.47. The summed E-state index contributed by atoms with van der Waals surface area (Å²) in [6.45, 7) is 0. The van der Waals surface area contributed by atoms with E-state index >= 15 is 0 Å². The van der Waals surface area contributed by atoms with Crippen LogP contribution in [0, 0.1) is 0 Å². The average molecular weight is 312 g/mol. The number of H-pyrrole nitrogens is 2. The number of halogens is 1. The number of hydrogen-bond acceptors (Lipinski definition) is 1. The number of rotatable bonds is 1. The van der Waals surface area contributed by atoms with Crippen molar-refractivity contribution >= 4 is 37.7 Å². The molecule has 3 nitrogen and oxygen atoms in total. The lowest BCUT2D eigenvalue weighted by Gasteiger charge is -1.94. The van der Waals surface area contributed by atoms with Gasteiger partial charge in [0.2, 0.25) is 0 Å². The second-order valence-corrected chi connectivity index (χ2v) is 5.45. The van der Waals surface area contributed by atoms with Gasteiger partial charge in [-0.1, -0.05) is 34.1 Å². The zero-order chi connectivity index (χ0) is 12.8. The molecule has 4 rings (SSSR count). The summed E-state index contributed by atoms with van der Waals surface area (Å²) in [6.07, 6.45) is 0. The zero-order valence-electron chi connectivity index (χ0n) is 9.94. The first kappa shape index (κ1) is 10.8. The van der Waals surface area contributed by atoms with Crippen LogP contribution in [-0.4, -0.2) is 15.2 Å². The number of aromatic nitrogens is 3. The SMILES string of the molecule is Brc1ccc2c(-c3cc4ccccc4[nH]3)n[nH]c2c1. The van der Waals surface area contributed by atoms with Crippen LogP contribution in [0.5, 0.6) is 0 Å². The van der Waals surface area contributed by atoms with Crippen molar-refractivity contribution in [3.8, 4) is 11.4 Å². The molecule has 0 atom stereocenters. The number of aromatic amines is 2. The van der Waals surface area contributed by atoms with Gasteiger partial charge in [-0.15, -0.1) is 0 Å². The van der Waals surface area contributed by atoms with E-state index in [0.717, 1.165) is 32.3 Å². The molecule has 0 bridgehead atoms. The summed E-state index contributed by atoms with van der Waals surface area (Å²) in [5.41, 5.74) is 4.15. The molecule has 0 unspecified atom stereocenters. The monoisotopic (exact) mass is 311 g/mol. The van der Waals surface area contributed by atoms with Crippen molar-refractivity contribution in [2.75, 3.05) is 0 Å². The lowest BCUT2D eigenvalue weighted by molar-refractivity contribution is 1.12. The first-order chi connectivity index (χ1) is 9.31.